The van der Waals surface area contributed by atoms with Crippen LogP contribution in [0.3, 0.4) is 0 Å². The van der Waals surface area contributed by atoms with Gasteiger partial charge in [-0.1, -0.05) is 0 Å². The fourth-order valence-electron chi connectivity index (χ4n) is 1.20. The summed E-state index contributed by atoms with van der Waals surface area (Å²) in [6.07, 6.45) is 2.53. The summed E-state index contributed by atoms with van der Waals surface area (Å²) in [4.78, 5) is 22.3. The minimum absolute atomic E-state index is 0.0570. The first-order valence-electron chi connectivity index (χ1n) is 5.10. The fourth-order valence-corrected chi connectivity index (χ4v) is 1.20. The lowest BCUT2D eigenvalue weighted by molar-refractivity contribution is -0.124. The summed E-state index contributed by atoms with van der Waals surface area (Å²) in [6.45, 7) is 2.48. The van der Waals surface area contributed by atoms with E-state index in [2.05, 4.69) is 10.4 Å². The number of amides is 1. The van der Waals surface area contributed by atoms with E-state index in [1.807, 2.05) is 0 Å². The molecule has 2 N–H and O–H groups in total. The largest absolute Gasteiger partial charge is 0.478 e. The molecule has 0 aliphatic heterocycles. The first-order valence-corrected chi connectivity index (χ1v) is 5.10. The third-order valence-corrected chi connectivity index (χ3v) is 2.23. The Kier molecular flexibility index (Phi) is 4.65. The van der Waals surface area contributed by atoms with E-state index < -0.39 is 12.0 Å². The highest BCUT2D eigenvalue weighted by molar-refractivity contribution is 5.87. The van der Waals surface area contributed by atoms with Crippen molar-refractivity contribution in [2.24, 2.45) is 0 Å². The highest BCUT2D eigenvalue weighted by Crippen LogP contribution is 2.06. The van der Waals surface area contributed by atoms with Crippen molar-refractivity contribution in [2.45, 2.75) is 13.0 Å². The van der Waals surface area contributed by atoms with Gasteiger partial charge in [-0.3, -0.25) is 9.48 Å². The Morgan fingerprint density at radius 2 is 2.35 bits per heavy atom. The number of carboxylic acids is 1. The maximum Gasteiger partial charge on any atom is 0.338 e. The zero-order chi connectivity index (χ0) is 12.8. The van der Waals surface area contributed by atoms with Crippen LogP contribution in [0.15, 0.2) is 12.4 Å². The number of hydrogen-bond acceptors (Lipinski definition) is 4. The predicted octanol–water partition coefficient (Wildman–Crippen LogP) is -0.0951. The molecule has 1 rings (SSSR count). The van der Waals surface area contributed by atoms with Crippen molar-refractivity contribution in [3.8, 4) is 0 Å². The molecule has 1 atom stereocenters. The molecule has 0 saturated carbocycles. The monoisotopic (exact) mass is 241 g/mol. The topological polar surface area (TPSA) is 93.5 Å². The zero-order valence-corrected chi connectivity index (χ0v) is 9.71. The van der Waals surface area contributed by atoms with E-state index in [0.717, 1.165) is 0 Å². The molecule has 94 valence electrons. The average Bonchev–Trinajstić information content (AvgIpc) is 2.77. The van der Waals surface area contributed by atoms with E-state index in [4.69, 9.17) is 9.84 Å². The van der Waals surface area contributed by atoms with Crippen LogP contribution in [0.5, 0.6) is 0 Å². The number of nitrogens with zero attached hydrogens (tertiary/aromatic N) is 2. The molecular formula is C10H15N3O4. The van der Waals surface area contributed by atoms with Gasteiger partial charge in [0, 0.05) is 19.9 Å². The fraction of sp³-hybridized carbons (Fsp3) is 0.500. The summed E-state index contributed by atoms with van der Waals surface area (Å²) in [7, 11) is 1.54. The van der Waals surface area contributed by atoms with Crippen LogP contribution in [0.2, 0.25) is 0 Å². The third kappa shape index (κ3) is 3.56. The second kappa shape index (κ2) is 6.00. The summed E-state index contributed by atoms with van der Waals surface area (Å²) >= 11 is 0. The average molecular weight is 241 g/mol. The van der Waals surface area contributed by atoms with Crippen molar-refractivity contribution in [1.82, 2.24) is 15.1 Å². The first kappa shape index (κ1) is 13.2. The Balaban J connectivity index is 2.58. The van der Waals surface area contributed by atoms with Crippen molar-refractivity contribution >= 4 is 11.9 Å². The van der Waals surface area contributed by atoms with Gasteiger partial charge in [0.1, 0.15) is 6.04 Å². The molecule has 0 saturated heterocycles. The molecule has 1 unspecified atom stereocenters. The summed E-state index contributed by atoms with van der Waals surface area (Å²) in [5.74, 6) is -1.30. The van der Waals surface area contributed by atoms with E-state index >= 15 is 0 Å². The molecule has 1 aromatic rings. The lowest BCUT2D eigenvalue weighted by Crippen LogP contribution is -2.33. The number of carboxylic acid groups (broad SMARTS) is 1. The van der Waals surface area contributed by atoms with Gasteiger partial charge in [-0.05, 0) is 6.92 Å². The number of ether oxygens (including phenoxy) is 1. The van der Waals surface area contributed by atoms with Crippen molar-refractivity contribution in [3.63, 3.8) is 0 Å². The summed E-state index contributed by atoms with van der Waals surface area (Å²) in [6, 6.07) is -0.556. The van der Waals surface area contributed by atoms with Gasteiger partial charge in [0.15, 0.2) is 0 Å². The van der Waals surface area contributed by atoms with Gasteiger partial charge in [-0.25, -0.2) is 4.79 Å². The molecule has 1 aromatic heterocycles. The maximum absolute atomic E-state index is 11.6. The number of hydrogen-bond donors (Lipinski definition) is 2. The van der Waals surface area contributed by atoms with E-state index in [9.17, 15) is 9.59 Å². The number of aromatic nitrogens is 2. The molecule has 1 heterocycles. The highest BCUT2D eigenvalue weighted by atomic mass is 16.5. The van der Waals surface area contributed by atoms with Crippen LogP contribution in [-0.2, 0) is 9.53 Å². The van der Waals surface area contributed by atoms with Crippen molar-refractivity contribution in [3.05, 3.63) is 18.0 Å². The SMILES string of the molecule is COCCNC(=O)C(C)n1cc(C(=O)O)cn1. The van der Waals surface area contributed by atoms with E-state index in [1.54, 1.807) is 14.0 Å². The molecule has 0 aromatic carbocycles. The van der Waals surface area contributed by atoms with E-state index in [-0.39, 0.29) is 11.5 Å². The van der Waals surface area contributed by atoms with Crippen LogP contribution in [0.25, 0.3) is 0 Å². The molecule has 0 spiro atoms. The summed E-state index contributed by atoms with van der Waals surface area (Å²) < 4.78 is 6.11. The Morgan fingerprint density at radius 1 is 1.65 bits per heavy atom. The van der Waals surface area contributed by atoms with Gasteiger partial charge in [-0.15, -0.1) is 0 Å². The second-order valence-corrected chi connectivity index (χ2v) is 3.47. The molecule has 7 heteroatoms. The first-order chi connectivity index (χ1) is 8.06. The predicted molar refractivity (Wildman–Crippen MR) is 58.8 cm³/mol. The van der Waals surface area contributed by atoms with Gasteiger partial charge in [-0.2, -0.15) is 5.10 Å². The standard InChI is InChI=1S/C10H15N3O4/c1-7(9(14)11-3-4-17-2)13-6-8(5-12-13)10(15)16/h5-7H,3-4H2,1-2H3,(H,11,14)(H,15,16). The van der Waals surface area contributed by atoms with E-state index in [0.29, 0.717) is 13.2 Å². The minimum Gasteiger partial charge on any atom is -0.478 e. The Morgan fingerprint density at radius 3 is 2.88 bits per heavy atom. The van der Waals surface area contributed by atoms with Crippen LogP contribution >= 0.6 is 0 Å². The second-order valence-electron chi connectivity index (χ2n) is 3.47. The third-order valence-electron chi connectivity index (χ3n) is 2.23. The zero-order valence-electron chi connectivity index (χ0n) is 9.71. The minimum atomic E-state index is -1.07. The molecule has 0 aliphatic rings. The summed E-state index contributed by atoms with van der Waals surface area (Å²) in [5.41, 5.74) is 0.0570. The molecule has 0 aliphatic carbocycles. The smallest absolute Gasteiger partial charge is 0.338 e. The molecule has 1 amide bonds. The normalized spacial score (nSPS) is 12.1. The lowest BCUT2D eigenvalue weighted by atomic mass is 10.3. The maximum atomic E-state index is 11.6. The van der Waals surface area contributed by atoms with Crippen molar-refractivity contribution < 1.29 is 19.4 Å². The molecule has 0 fully saturated rings. The highest BCUT2D eigenvalue weighted by Gasteiger charge is 2.16. The molecule has 0 bridgehead atoms. The number of rotatable bonds is 6. The van der Waals surface area contributed by atoms with Crippen molar-refractivity contribution in [2.75, 3.05) is 20.3 Å². The van der Waals surface area contributed by atoms with Gasteiger partial charge in [0.25, 0.3) is 0 Å². The Hall–Kier alpha value is -1.89. The van der Waals surface area contributed by atoms with Crippen LogP contribution in [0.4, 0.5) is 0 Å². The Bertz CT molecular complexity index is 402. The van der Waals surface area contributed by atoms with Gasteiger partial charge in [0.2, 0.25) is 5.91 Å². The number of nitrogens with one attached hydrogen (secondary N) is 1. The van der Waals surface area contributed by atoms with Crippen LogP contribution < -0.4 is 5.32 Å². The summed E-state index contributed by atoms with van der Waals surface area (Å²) in [5, 5.41) is 15.2. The number of carbonyl (C=O) groups is 2. The lowest BCUT2D eigenvalue weighted by Gasteiger charge is -2.12. The quantitative estimate of drug-likeness (QED) is 0.678. The van der Waals surface area contributed by atoms with Crippen LogP contribution in [0, 0.1) is 0 Å². The number of aromatic carboxylic acids is 1. The van der Waals surface area contributed by atoms with Crippen molar-refractivity contribution in [1.29, 1.82) is 0 Å². The van der Waals surface area contributed by atoms with Crippen LogP contribution in [-0.4, -0.2) is 47.0 Å². The van der Waals surface area contributed by atoms with Gasteiger partial charge in [0.05, 0.1) is 18.4 Å². The molecule has 7 nitrogen and oxygen atoms in total. The molecular weight excluding hydrogens is 226 g/mol. The van der Waals surface area contributed by atoms with Gasteiger partial charge < -0.3 is 15.2 Å². The van der Waals surface area contributed by atoms with E-state index in [1.165, 1.54) is 17.1 Å². The number of carbonyl (C=O) groups excluding carboxylic acids is 1. The molecule has 17 heavy (non-hydrogen) atoms. The van der Waals surface area contributed by atoms with Gasteiger partial charge >= 0.3 is 5.97 Å². The Labute approximate surface area is 98.4 Å². The number of methoxy groups -OCH3 is 1. The van der Waals surface area contributed by atoms with Crippen LogP contribution in [0.1, 0.15) is 23.3 Å². The molecule has 0 radical (unpaired) electrons.